The Morgan fingerprint density at radius 2 is 2.12 bits per heavy atom. The Hall–Kier alpha value is -1.84. The number of nitrogens with zero attached hydrogens (tertiary/aromatic N) is 2. The van der Waals surface area contributed by atoms with Crippen LogP contribution in [0.5, 0.6) is 0 Å². The molecule has 2 aliphatic heterocycles. The quantitative estimate of drug-likeness (QED) is 0.622. The third-order valence-corrected chi connectivity index (χ3v) is 5.01. The Morgan fingerprint density at radius 1 is 1.38 bits per heavy atom. The van der Waals surface area contributed by atoms with E-state index in [4.69, 9.17) is 26.5 Å². The van der Waals surface area contributed by atoms with E-state index in [0.717, 1.165) is 30.7 Å². The van der Waals surface area contributed by atoms with Gasteiger partial charge in [0.05, 0.1) is 24.5 Å². The number of carbonyl (C=O) groups excluding carboxylic acids is 1. The number of carboxylic acids is 1. The highest BCUT2D eigenvalue weighted by atomic mass is 32.2. The van der Waals surface area contributed by atoms with Crippen LogP contribution in [0.4, 0.5) is 5.88 Å². The van der Waals surface area contributed by atoms with Gasteiger partial charge >= 0.3 is 5.97 Å². The van der Waals surface area contributed by atoms with Gasteiger partial charge in [0, 0.05) is 31.8 Å². The zero-order valence-corrected chi connectivity index (χ0v) is 14.4. The molecule has 9 heteroatoms. The summed E-state index contributed by atoms with van der Waals surface area (Å²) in [5.41, 5.74) is 0. The molecule has 1 N–H and O–H groups in total. The monoisotopic (exact) mass is 368 g/mol. The van der Waals surface area contributed by atoms with Crippen LogP contribution in [0, 0.1) is 0 Å². The van der Waals surface area contributed by atoms with E-state index < -0.39 is 5.97 Å². The molecule has 0 atom stereocenters. The van der Waals surface area contributed by atoms with E-state index in [9.17, 15) is 9.59 Å². The first-order valence-electron chi connectivity index (χ1n) is 7.44. The van der Waals surface area contributed by atoms with E-state index in [1.54, 1.807) is 12.1 Å². The van der Waals surface area contributed by atoms with Crippen molar-refractivity contribution >= 4 is 52.1 Å². The third kappa shape index (κ3) is 3.80. The number of carboxylic acid groups (broad SMARTS) is 1. The van der Waals surface area contributed by atoms with Crippen molar-refractivity contribution in [2.24, 2.45) is 0 Å². The maximum atomic E-state index is 12.3. The molecule has 1 aromatic heterocycles. The molecule has 0 aromatic carbocycles. The SMILES string of the molecule is O=C(O)CCN1C(=O)/C(=C\c2ccc(N3CCOCC3)o2)SC1=S. The summed E-state index contributed by atoms with van der Waals surface area (Å²) in [6, 6.07) is 3.66. The van der Waals surface area contributed by atoms with Gasteiger partial charge in [0.25, 0.3) is 5.91 Å². The Kier molecular flexibility index (Phi) is 5.22. The Morgan fingerprint density at radius 3 is 2.83 bits per heavy atom. The van der Waals surface area contributed by atoms with E-state index in [1.807, 2.05) is 6.07 Å². The predicted molar refractivity (Wildman–Crippen MR) is 93.9 cm³/mol. The fourth-order valence-corrected chi connectivity index (χ4v) is 3.69. The molecular weight excluding hydrogens is 352 g/mol. The lowest BCUT2D eigenvalue weighted by Crippen LogP contribution is -2.35. The summed E-state index contributed by atoms with van der Waals surface area (Å²) in [4.78, 5) is 26.8. The smallest absolute Gasteiger partial charge is 0.305 e. The maximum absolute atomic E-state index is 12.3. The van der Waals surface area contributed by atoms with Crippen LogP contribution in [-0.2, 0) is 14.3 Å². The van der Waals surface area contributed by atoms with Crippen molar-refractivity contribution in [2.45, 2.75) is 6.42 Å². The van der Waals surface area contributed by atoms with Crippen LogP contribution in [0.25, 0.3) is 6.08 Å². The lowest BCUT2D eigenvalue weighted by atomic mass is 10.3. The molecule has 0 radical (unpaired) electrons. The summed E-state index contributed by atoms with van der Waals surface area (Å²) in [7, 11) is 0. The van der Waals surface area contributed by atoms with E-state index >= 15 is 0 Å². The maximum Gasteiger partial charge on any atom is 0.305 e. The summed E-state index contributed by atoms with van der Waals surface area (Å²) in [6.07, 6.45) is 1.51. The first kappa shape index (κ1) is 17.0. The molecule has 0 aliphatic carbocycles. The average Bonchev–Trinajstić information content (AvgIpc) is 3.13. The minimum absolute atomic E-state index is 0.0779. The first-order valence-corrected chi connectivity index (χ1v) is 8.67. The highest BCUT2D eigenvalue weighted by Gasteiger charge is 2.32. The van der Waals surface area contributed by atoms with Crippen molar-refractivity contribution in [3.63, 3.8) is 0 Å². The van der Waals surface area contributed by atoms with Crippen molar-refractivity contribution in [3.05, 3.63) is 22.8 Å². The topological polar surface area (TPSA) is 83.2 Å². The molecule has 24 heavy (non-hydrogen) atoms. The zero-order chi connectivity index (χ0) is 17.1. The molecule has 2 saturated heterocycles. The number of thioether (sulfide) groups is 1. The van der Waals surface area contributed by atoms with Gasteiger partial charge in [0.15, 0.2) is 5.88 Å². The normalized spacial score (nSPS) is 20.2. The summed E-state index contributed by atoms with van der Waals surface area (Å²) in [6.45, 7) is 2.94. The van der Waals surface area contributed by atoms with Gasteiger partial charge < -0.3 is 19.2 Å². The first-order chi connectivity index (χ1) is 11.5. The van der Waals surface area contributed by atoms with Crippen molar-refractivity contribution < 1.29 is 23.8 Å². The fourth-order valence-electron chi connectivity index (χ4n) is 2.40. The molecule has 3 rings (SSSR count). The van der Waals surface area contributed by atoms with Crippen LogP contribution in [0.1, 0.15) is 12.2 Å². The van der Waals surface area contributed by atoms with Crippen molar-refractivity contribution in [3.8, 4) is 0 Å². The number of hydrogen-bond donors (Lipinski definition) is 1. The summed E-state index contributed by atoms with van der Waals surface area (Å²) >= 11 is 6.31. The second-order valence-corrected chi connectivity index (χ2v) is 6.93. The van der Waals surface area contributed by atoms with E-state index in [-0.39, 0.29) is 18.9 Å². The van der Waals surface area contributed by atoms with Crippen LogP contribution in [0.3, 0.4) is 0 Å². The number of rotatable bonds is 5. The lowest BCUT2D eigenvalue weighted by molar-refractivity contribution is -0.137. The molecule has 7 nitrogen and oxygen atoms in total. The minimum atomic E-state index is -0.964. The number of morpholine rings is 1. The van der Waals surface area contributed by atoms with Gasteiger partial charge in [0.1, 0.15) is 10.1 Å². The predicted octanol–water partition coefficient (Wildman–Crippen LogP) is 1.79. The standard InChI is InChI=1S/C15H16N2O5S2/c18-13(19)3-4-17-14(20)11(24-15(17)23)9-10-1-2-12(22-10)16-5-7-21-8-6-16/h1-2,9H,3-8H2,(H,18,19)/b11-9+. The molecular formula is C15H16N2O5S2. The molecule has 1 amide bonds. The van der Waals surface area contributed by atoms with Crippen LogP contribution in [-0.4, -0.2) is 59.1 Å². The van der Waals surface area contributed by atoms with Gasteiger partial charge in [-0.05, 0) is 6.07 Å². The fraction of sp³-hybridized carbons (Fsp3) is 0.400. The summed E-state index contributed by atoms with van der Waals surface area (Å²) < 4.78 is 11.5. The van der Waals surface area contributed by atoms with Gasteiger partial charge in [-0.2, -0.15) is 0 Å². The largest absolute Gasteiger partial charge is 0.481 e. The number of aliphatic carboxylic acids is 1. The summed E-state index contributed by atoms with van der Waals surface area (Å²) in [5, 5.41) is 8.74. The van der Waals surface area contributed by atoms with Gasteiger partial charge in [-0.3, -0.25) is 14.5 Å². The van der Waals surface area contributed by atoms with Crippen LogP contribution < -0.4 is 4.90 Å². The average molecular weight is 368 g/mol. The second-order valence-electron chi connectivity index (χ2n) is 5.25. The van der Waals surface area contributed by atoms with Gasteiger partial charge in [-0.25, -0.2) is 0 Å². The lowest BCUT2D eigenvalue weighted by Gasteiger charge is -2.26. The second kappa shape index (κ2) is 7.37. The molecule has 128 valence electrons. The molecule has 0 saturated carbocycles. The molecule has 1 aromatic rings. The van der Waals surface area contributed by atoms with Crippen LogP contribution in [0.15, 0.2) is 21.5 Å². The highest BCUT2D eigenvalue weighted by Crippen LogP contribution is 2.33. The van der Waals surface area contributed by atoms with Gasteiger partial charge in [-0.15, -0.1) is 0 Å². The highest BCUT2D eigenvalue weighted by molar-refractivity contribution is 8.26. The van der Waals surface area contributed by atoms with Crippen molar-refractivity contribution in [1.82, 2.24) is 4.90 Å². The molecule has 3 heterocycles. The van der Waals surface area contributed by atoms with E-state index in [2.05, 4.69) is 4.90 Å². The number of amides is 1. The number of hydrogen-bond acceptors (Lipinski definition) is 7. The van der Waals surface area contributed by atoms with Crippen LogP contribution in [0.2, 0.25) is 0 Å². The van der Waals surface area contributed by atoms with Gasteiger partial charge in [0.2, 0.25) is 0 Å². The van der Waals surface area contributed by atoms with Gasteiger partial charge in [-0.1, -0.05) is 24.0 Å². The van der Waals surface area contributed by atoms with Crippen molar-refractivity contribution in [1.29, 1.82) is 0 Å². The molecule has 0 unspecified atom stereocenters. The number of furan rings is 1. The van der Waals surface area contributed by atoms with E-state index in [0.29, 0.717) is 28.2 Å². The number of carbonyl (C=O) groups is 2. The number of thiocarbonyl (C=S) groups is 1. The molecule has 2 aliphatic rings. The Bertz CT molecular complexity index is 694. The third-order valence-electron chi connectivity index (χ3n) is 3.63. The zero-order valence-electron chi connectivity index (χ0n) is 12.8. The van der Waals surface area contributed by atoms with E-state index in [1.165, 1.54) is 4.90 Å². The van der Waals surface area contributed by atoms with Crippen molar-refractivity contribution in [2.75, 3.05) is 37.7 Å². The minimum Gasteiger partial charge on any atom is -0.481 e. The number of anilines is 1. The van der Waals surface area contributed by atoms with Crippen LogP contribution >= 0.6 is 24.0 Å². The Balaban J connectivity index is 1.70. The Labute approximate surface area is 148 Å². The molecule has 0 bridgehead atoms. The number of ether oxygens (including phenoxy) is 1. The molecule has 2 fully saturated rings. The molecule has 0 spiro atoms. The summed E-state index contributed by atoms with van der Waals surface area (Å²) in [5.74, 6) is 0.0610.